The van der Waals surface area contributed by atoms with Crippen molar-refractivity contribution in [2.45, 2.75) is 45.7 Å². The Morgan fingerprint density at radius 3 is 2.69 bits per heavy atom. The summed E-state index contributed by atoms with van der Waals surface area (Å²) in [5.41, 5.74) is 0.934. The summed E-state index contributed by atoms with van der Waals surface area (Å²) in [5.74, 6) is 0.235. The highest BCUT2D eigenvalue weighted by atomic mass is 16.3. The summed E-state index contributed by atoms with van der Waals surface area (Å²) < 4.78 is 6.81. The fraction of sp³-hybridized carbons (Fsp3) is 0.556. The maximum atomic E-state index is 12.7. The number of hydrogen-bond acceptors (Lipinski definition) is 5. The van der Waals surface area contributed by atoms with E-state index in [0.29, 0.717) is 18.7 Å². The van der Waals surface area contributed by atoms with E-state index in [0.717, 1.165) is 5.56 Å². The maximum absolute atomic E-state index is 12.7. The Balaban J connectivity index is 1.82. The molecule has 0 saturated carbocycles. The van der Waals surface area contributed by atoms with Crippen LogP contribution in [0.5, 0.6) is 0 Å². The van der Waals surface area contributed by atoms with Crippen molar-refractivity contribution in [3.63, 3.8) is 0 Å². The Kier molecular flexibility index (Phi) is 4.60. The number of nitrogens with zero attached hydrogens (tertiary/aromatic N) is 4. The Hall–Kier alpha value is -2.64. The van der Waals surface area contributed by atoms with Gasteiger partial charge in [0.05, 0.1) is 12.2 Å². The Morgan fingerprint density at radius 1 is 1.42 bits per heavy atom. The molecule has 0 aliphatic carbocycles. The molecule has 2 atom stereocenters. The summed E-state index contributed by atoms with van der Waals surface area (Å²) in [4.78, 5) is 30.9. The number of oxazole rings is 1. The molecular weight excluding hydrogens is 334 g/mol. The highest BCUT2D eigenvalue weighted by Gasteiger charge is 2.45. The first kappa shape index (κ1) is 18.2. The number of aryl methyl sites for hydroxylation is 2. The van der Waals surface area contributed by atoms with E-state index in [9.17, 15) is 9.59 Å². The van der Waals surface area contributed by atoms with Crippen LogP contribution in [-0.2, 0) is 11.8 Å². The maximum Gasteiger partial charge on any atom is 0.273 e. The van der Waals surface area contributed by atoms with Gasteiger partial charge in [-0.3, -0.25) is 14.3 Å². The lowest BCUT2D eigenvalue weighted by Crippen LogP contribution is -2.44. The van der Waals surface area contributed by atoms with Gasteiger partial charge < -0.3 is 14.6 Å². The number of amides is 2. The van der Waals surface area contributed by atoms with Crippen molar-refractivity contribution in [3.8, 4) is 0 Å². The third-order valence-corrected chi connectivity index (χ3v) is 4.70. The second kappa shape index (κ2) is 6.59. The smallest absolute Gasteiger partial charge is 0.273 e. The number of carbonyl (C=O) groups is 2. The van der Waals surface area contributed by atoms with Gasteiger partial charge in [0.15, 0.2) is 12.1 Å². The summed E-state index contributed by atoms with van der Waals surface area (Å²) in [6, 6.07) is -0.130. The minimum atomic E-state index is -0.320. The standard InChI is InChI=1S/C18H25N5O3/c1-11-15(20-10-26-11)17(25)19-7-12-6-14(24)23(18(2,3)4)16(12)13-8-21-22(5)9-13/h8-10,12,16H,6-7H2,1-5H3,(H,19,25)/t12-,16+/m0/s1. The van der Waals surface area contributed by atoms with E-state index in [1.165, 1.54) is 6.39 Å². The first-order chi connectivity index (χ1) is 12.2. The van der Waals surface area contributed by atoms with E-state index in [-0.39, 0.29) is 35.0 Å². The zero-order valence-corrected chi connectivity index (χ0v) is 15.8. The Bertz CT molecular complexity index is 817. The van der Waals surface area contributed by atoms with Crippen LogP contribution in [0, 0.1) is 12.8 Å². The molecule has 0 spiro atoms. The predicted molar refractivity (Wildman–Crippen MR) is 94.2 cm³/mol. The third kappa shape index (κ3) is 3.36. The van der Waals surface area contributed by atoms with E-state index < -0.39 is 0 Å². The van der Waals surface area contributed by atoms with E-state index in [1.807, 2.05) is 38.9 Å². The monoisotopic (exact) mass is 359 g/mol. The lowest BCUT2D eigenvalue weighted by molar-refractivity contribution is -0.133. The minimum absolute atomic E-state index is 0.0397. The largest absolute Gasteiger partial charge is 0.448 e. The molecule has 0 aromatic carbocycles. The minimum Gasteiger partial charge on any atom is -0.448 e. The molecule has 1 N–H and O–H groups in total. The molecule has 140 valence electrons. The van der Waals surface area contributed by atoms with Gasteiger partial charge in [-0.05, 0) is 27.7 Å². The van der Waals surface area contributed by atoms with Crippen molar-refractivity contribution in [2.24, 2.45) is 13.0 Å². The summed E-state index contributed by atoms with van der Waals surface area (Å²) >= 11 is 0. The van der Waals surface area contributed by atoms with Gasteiger partial charge in [-0.1, -0.05) is 0 Å². The molecule has 1 fully saturated rings. The molecule has 3 rings (SSSR count). The number of carbonyl (C=O) groups excluding carboxylic acids is 2. The predicted octanol–water partition coefficient (Wildman–Crippen LogP) is 1.83. The molecule has 2 amide bonds. The highest BCUT2D eigenvalue weighted by molar-refractivity contribution is 5.93. The molecule has 2 aromatic heterocycles. The number of aromatic nitrogens is 3. The lowest BCUT2D eigenvalue weighted by Gasteiger charge is -2.38. The second-order valence-electron chi connectivity index (χ2n) is 7.76. The van der Waals surface area contributed by atoms with Crippen LogP contribution in [0.3, 0.4) is 0 Å². The molecule has 0 radical (unpaired) electrons. The Labute approximate surface area is 152 Å². The molecule has 26 heavy (non-hydrogen) atoms. The van der Waals surface area contributed by atoms with Crippen molar-refractivity contribution in [2.75, 3.05) is 6.54 Å². The van der Waals surface area contributed by atoms with Crippen LogP contribution in [-0.4, -0.2) is 43.6 Å². The summed E-state index contributed by atoms with van der Waals surface area (Å²) in [7, 11) is 1.85. The van der Waals surface area contributed by atoms with Crippen molar-refractivity contribution in [1.82, 2.24) is 25.0 Å². The zero-order chi connectivity index (χ0) is 19.1. The molecule has 1 saturated heterocycles. The van der Waals surface area contributed by atoms with E-state index >= 15 is 0 Å². The number of hydrogen-bond donors (Lipinski definition) is 1. The second-order valence-corrected chi connectivity index (χ2v) is 7.76. The van der Waals surface area contributed by atoms with E-state index in [4.69, 9.17) is 4.42 Å². The van der Waals surface area contributed by atoms with Crippen LogP contribution in [0.15, 0.2) is 23.2 Å². The average molecular weight is 359 g/mol. The van der Waals surface area contributed by atoms with Gasteiger partial charge in [0.25, 0.3) is 5.91 Å². The molecule has 8 heteroatoms. The van der Waals surface area contributed by atoms with Gasteiger partial charge >= 0.3 is 0 Å². The fourth-order valence-corrected chi connectivity index (χ4v) is 3.62. The topological polar surface area (TPSA) is 93.3 Å². The number of rotatable bonds is 4. The van der Waals surface area contributed by atoms with Gasteiger partial charge in [-0.2, -0.15) is 5.10 Å². The van der Waals surface area contributed by atoms with Crippen LogP contribution in [0.4, 0.5) is 0 Å². The van der Waals surface area contributed by atoms with E-state index in [2.05, 4.69) is 15.4 Å². The van der Waals surface area contributed by atoms with Gasteiger partial charge in [0.2, 0.25) is 5.91 Å². The van der Waals surface area contributed by atoms with Gasteiger partial charge in [0.1, 0.15) is 5.76 Å². The molecule has 1 aliphatic rings. The molecule has 3 heterocycles. The summed E-state index contributed by atoms with van der Waals surface area (Å²) in [6.07, 6.45) is 5.36. The van der Waals surface area contributed by atoms with Gasteiger partial charge in [-0.15, -0.1) is 0 Å². The first-order valence-electron chi connectivity index (χ1n) is 8.67. The van der Waals surface area contributed by atoms with E-state index in [1.54, 1.807) is 17.8 Å². The summed E-state index contributed by atoms with van der Waals surface area (Å²) in [5, 5.41) is 7.15. The number of nitrogens with one attached hydrogen (secondary N) is 1. The highest BCUT2D eigenvalue weighted by Crippen LogP contribution is 2.42. The third-order valence-electron chi connectivity index (χ3n) is 4.70. The lowest BCUT2D eigenvalue weighted by atomic mass is 9.93. The summed E-state index contributed by atoms with van der Waals surface area (Å²) in [6.45, 7) is 8.14. The molecule has 0 bridgehead atoms. The van der Waals surface area contributed by atoms with Crippen LogP contribution in [0.25, 0.3) is 0 Å². The van der Waals surface area contributed by atoms with Crippen LogP contribution in [0.1, 0.15) is 55.0 Å². The van der Waals surface area contributed by atoms with Crippen molar-refractivity contribution in [3.05, 3.63) is 35.8 Å². The SMILES string of the molecule is Cc1ocnc1C(=O)NC[C@@H]1CC(=O)N(C(C)(C)C)[C@H]1c1cnn(C)c1. The fourth-order valence-electron chi connectivity index (χ4n) is 3.62. The zero-order valence-electron chi connectivity index (χ0n) is 15.8. The normalized spacial score (nSPS) is 20.7. The quantitative estimate of drug-likeness (QED) is 0.899. The van der Waals surface area contributed by atoms with Crippen molar-refractivity contribution >= 4 is 11.8 Å². The Morgan fingerprint density at radius 2 is 2.15 bits per heavy atom. The van der Waals surface area contributed by atoms with Crippen molar-refractivity contribution in [1.29, 1.82) is 0 Å². The molecule has 1 aliphatic heterocycles. The first-order valence-corrected chi connectivity index (χ1v) is 8.67. The van der Waals surface area contributed by atoms with Crippen molar-refractivity contribution < 1.29 is 14.0 Å². The van der Waals surface area contributed by atoms with Crippen LogP contribution in [0.2, 0.25) is 0 Å². The number of likely N-dealkylation sites (tertiary alicyclic amines) is 1. The molecular formula is C18H25N5O3. The van der Waals surface area contributed by atoms with Gasteiger partial charge in [0, 0.05) is 43.2 Å². The van der Waals surface area contributed by atoms with Gasteiger partial charge in [-0.25, -0.2) is 4.98 Å². The molecule has 2 aromatic rings. The van der Waals surface area contributed by atoms with Crippen LogP contribution >= 0.6 is 0 Å². The van der Waals surface area contributed by atoms with Crippen LogP contribution < -0.4 is 5.32 Å². The average Bonchev–Trinajstić information content (AvgIpc) is 3.22. The molecule has 0 unspecified atom stereocenters. The molecule has 8 nitrogen and oxygen atoms in total.